The molecule has 1 aliphatic rings. The Morgan fingerprint density at radius 1 is 1.34 bits per heavy atom. The van der Waals surface area contributed by atoms with E-state index in [1.807, 2.05) is 35.4 Å². The summed E-state index contributed by atoms with van der Waals surface area (Å²) in [5, 5.41) is 10.0. The average Bonchev–Trinajstić information content (AvgIpc) is 3.38. The summed E-state index contributed by atoms with van der Waals surface area (Å²) >= 11 is 9.64. The Labute approximate surface area is 197 Å². The van der Waals surface area contributed by atoms with Crippen LogP contribution in [0.2, 0.25) is 5.02 Å². The molecule has 0 aliphatic carbocycles. The number of fused-ring (bicyclic) bond motifs is 3. The molecule has 0 spiro atoms. The second-order valence-electron chi connectivity index (χ2n) is 7.39. The predicted molar refractivity (Wildman–Crippen MR) is 131 cm³/mol. The van der Waals surface area contributed by atoms with Gasteiger partial charge in [0.25, 0.3) is 5.91 Å². The van der Waals surface area contributed by atoms with Gasteiger partial charge in [-0.25, -0.2) is 4.98 Å². The number of aromatic nitrogens is 1. The van der Waals surface area contributed by atoms with Gasteiger partial charge >= 0.3 is 0 Å². The number of aryl methyl sites for hydroxylation is 1. The first-order valence-corrected chi connectivity index (χ1v) is 12.1. The Kier molecular flexibility index (Phi) is 5.62. The van der Waals surface area contributed by atoms with E-state index in [2.05, 4.69) is 15.6 Å². The van der Waals surface area contributed by atoms with Gasteiger partial charge in [0, 0.05) is 30.2 Å². The second kappa shape index (κ2) is 8.57. The fourth-order valence-corrected chi connectivity index (χ4v) is 5.87. The van der Waals surface area contributed by atoms with Crippen LogP contribution in [0, 0.1) is 6.92 Å². The van der Waals surface area contributed by atoms with Gasteiger partial charge in [-0.15, -0.1) is 22.7 Å². The molecule has 1 saturated heterocycles. The second-order valence-corrected chi connectivity index (χ2v) is 9.95. The Morgan fingerprint density at radius 2 is 2.22 bits per heavy atom. The van der Waals surface area contributed by atoms with Crippen LogP contribution in [0.1, 0.15) is 5.01 Å². The van der Waals surface area contributed by atoms with Crippen LogP contribution in [0.5, 0.6) is 5.75 Å². The molecule has 1 fully saturated rings. The minimum Gasteiger partial charge on any atom is -0.483 e. The predicted octanol–water partition coefficient (Wildman–Crippen LogP) is 4.43. The number of halogens is 1. The van der Waals surface area contributed by atoms with Crippen LogP contribution in [0.15, 0.2) is 35.7 Å². The molecule has 2 aromatic heterocycles. The van der Waals surface area contributed by atoms with Gasteiger partial charge in [0.1, 0.15) is 5.75 Å². The van der Waals surface area contributed by atoms with Crippen molar-refractivity contribution in [1.82, 2.24) is 10.3 Å². The van der Waals surface area contributed by atoms with E-state index in [0.29, 0.717) is 29.5 Å². The number of ether oxygens (including phenoxy) is 1. The highest BCUT2D eigenvalue weighted by atomic mass is 35.5. The van der Waals surface area contributed by atoms with E-state index in [-0.39, 0.29) is 25.0 Å². The van der Waals surface area contributed by atoms with Gasteiger partial charge in [-0.1, -0.05) is 11.6 Å². The fourth-order valence-electron chi connectivity index (χ4n) is 3.73. The van der Waals surface area contributed by atoms with Crippen LogP contribution in [0.3, 0.4) is 0 Å². The number of benzene rings is 2. The van der Waals surface area contributed by atoms with Crippen molar-refractivity contribution in [1.29, 1.82) is 0 Å². The molecule has 3 heterocycles. The maximum atomic E-state index is 12.5. The summed E-state index contributed by atoms with van der Waals surface area (Å²) in [5.41, 5.74) is 2.32. The van der Waals surface area contributed by atoms with Crippen molar-refractivity contribution >= 4 is 77.8 Å². The number of piperazine rings is 1. The molecule has 4 aromatic rings. The van der Waals surface area contributed by atoms with Crippen LogP contribution in [-0.4, -0.2) is 43.0 Å². The molecule has 32 heavy (non-hydrogen) atoms. The van der Waals surface area contributed by atoms with Gasteiger partial charge in [0.15, 0.2) is 6.61 Å². The van der Waals surface area contributed by atoms with Crippen molar-refractivity contribution in [3.63, 3.8) is 0 Å². The molecular weight excluding hydrogens is 468 g/mol. The number of hydrogen-bond acceptors (Lipinski definition) is 7. The summed E-state index contributed by atoms with van der Waals surface area (Å²) in [6.07, 6.45) is 0. The number of amides is 2. The lowest BCUT2D eigenvalue weighted by Gasteiger charge is -2.29. The molecule has 2 amide bonds. The number of rotatable bonds is 5. The summed E-state index contributed by atoms with van der Waals surface area (Å²) in [4.78, 5) is 30.7. The maximum Gasteiger partial charge on any atom is 0.262 e. The van der Waals surface area contributed by atoms with Gasteiger partial charge in [-0.3, -0.25) is 9.59 Å². The van der Waals surface area contributed by atoms with Crippen molar-refractivity contribution < 1.29 is 14.3 Å². The molecule has 0 atom stereocenters. The van der Waals surface area contributed by atoms with Crippen LogP contribution >= 0.6 is 34.3 Å². The summed E-state index contributed by atoms with van der Waals surface area (Å²) in [6.45, 7) is 3.38. The van der Waals surface area contributed by atoms with Crippen LogP contribution in [0.4, 0.5) is 11.4 Å². The normalized spacial score (nSPS) is 14.1. The fraction of sp³-hybridized carbons (Fsp3) is 0.227. The van der Waals surface area contributed by atoms with Crippen LogP contribution < -0.4 is 20.3 Å². The van der Waals surface area contributed by atoms with Crippen molar-refractivity contribution in [3.8, 4) is 5.75 Å². The molecule has 7 nitrogen and oxygen atoms in total. The van der Waals surface area contributed by atoms with E-state index in [1.165, 1.54) is 0 Å². The van der Waals surface area contributed by atoms with Gasteiger partial charge in [-0.2, -0.15) is 0 Å². The minimum atomic E-state index is -0.282. The Balaban J connectivity index is 1.27. The highest BCUT2D eigenvalue weighted by molar-refractivity contribution is 7.21. The van der Waals surface area contributed by atoms with E-state index in [9.17, 15) is 9.59 Å². The third-order valence-corrected chi connectivity index (χ3v) is 7.28. The summed E-state index contributed by atoms with van der Waals surface area (Å²) < 4.78 is 7.99. The first-order chi connectivity index (χ1) is 15.5. The monoisotopic (exact) mass is 486 g/mol. The third-order valence-electron chi connectivity index (χ3n) is 5.14. The summed E-state index contributed by atoms with van der Waals surface area (Å²) in [5.74, 6) is 0.354. The minimum absolute atomic E-state index is 0.0340. The topological polar surface area (TPSA) is 83.6 Å². The zero-order chi connectivity index (χ0) is 22.2. The van der Waals surface area contributed by atoms with Gasteiger partial charge in [0.05, 0.1) is 37.2 Å². The lowest BCUT2D eigenvalue weighted by Crippen LogP contribution is -2.47. The van der Waals surface area contributed by atoms with E-state index >= 15 is 0 Å². The number of carbonyl (C=O) groups excluding carboxylic acids is 2. The van der Waals surface area contributed by atoms with Crippen molar-refractivity contribution in [2.24, 2.45) is 0 Å². The molecule has 2 N–H and O–H groups in total. The molecule has 10 heteroatoms. The molecule has 0 radical (unpaired) electrons. The number of nitrogens with one attached hydrogen (secondary N) is 2. The summed E-state index contributed by atoms with van der Waals surface area (Å²) in [7, 11) is 0. The van der Waals surface area contributed by atoms with Crippen LogP contribution in [-0.2, 0) is 9.59 Å². The van der Waals surface area contributed by atoms with Crippen molar-refractivity contribution in [2.45, 2.75) is 6.92 Å². The highest BCUT2D eigenvalue weighted by Gasteiger charge is 2.19. The number of thiazole rings is 1. The first kappa shape index (κ1) is 21.0. The number of anilines is 2. The van der Waals surface area contributed by atoms with E-state index in [1.54, 1.807) is 34.8 Å². The Morgan fingerprint density at radius 3 is 3.03 bits per heavy atom. The molecule has 5 rings (SSSR count). The molecular formula is C22H19ClN4O3S2. The SMILES string of the molecule is Cc1nc2c(cc(OCC(=O)Nc3ccc(N4CCNC(=O)C4)c(Cl)c3)c3ccsc32)s1. The maximum absolute atomic E-state index is 12.5. The highest BCUT2D eigenvalue weighted by Crippen LogP contribution is 2.39. The summed E-state index contributed by atoms with van der Waals surface area (Å²) in [6, 6.07) is 9.20. The van der Waals surface area contributed by atoms with E-state index < -0.39 is 0 Å². The average molecular weight is 487 g/mol. The Hall–Kier alpha value is -2.88. The lowest BCUT2D eigenvalue weighted by molar-refractivity contribution is -0.120. The number of thiophene rings is 1. The largest absolute Gasteiger partial charge is 0.483 e. The molecule has 0 unspecified atom stereocenters. The smallest absolute Gasteiger partial charge is 0.262 e. The van der Waals surface area contributed by atoms with Gasteiger partial charge < -0.3 is 20.3 Å². The molecule has 1 aliphatic heterocycles. The third kappa shape index (κ3) is 4.11. The van der Waals surface area contributed by atoms with E-state index in [4.69, 9.17) is 16.3 Å². The zero-order valence-electron chi connectivity index (χ0n) is 17.1. The standard InChI is InChI=1S/C22H19ClN4O3S2/c1-12-25-21-18(32-12)9-17(14-4-7-31-22(14)21)30-11-20(29)26-13-2-3-16(15(23)8-13)27-6-5-24-19(28)10-27/h2-4,7-9H,5-6,10-11H2,1H3,(H,24,28)(H,26,29). The lowest BCUT2D eigenvalue weighted by atomic mass is 10.2. The van der Waals surface area contributed by atoms with Gasteiger partial charge in [0.2, 0.25) is 5.91 Å². The first-order valence-electron chi connectivity index (χ1n) is 9.99. The Bertz CT molecular complexity index is 1350. The molecule has 164 valence electrons. The van der Waals surface area contributed by atoms with E-state index in [0.717, 1.165) is 31.0 Å². The number of nitrogens with zero attached hydrogens (tertiary/aromatic N) is 2. The molecule has 0 bridgehead atoms. The quantitative estimate of drug-likeness (QED) is 0.436. The van der Waals surface area contributed by atoms with Gasteiger partial charge in [-0.05, 0) is 36.6 Å². The number of carbonyl (C=O) groups is 2. The zero-order valence-corrected chi connectivity index (χ0v) is 19.5. The molecule has 2 aromatic carbocycles. The van der Waals surface area contributed by atoms with Crippen molar-refractivity contribution in [3.05, 3.63) is 45.7 Å². The van der Waals surface area contributed by atoms with Crippen LogP contribution in [0.25, 0.3) is 20.3 Å². The number of hydrogen-bond donors (Lipinski definition) is 2. The van der Waals surface area contributed by atoms with Crippen molar-refractivity contribution in [2.75, 3.05) is 36.5 Å². The molecule has 0 saturated carbocycles.